The number of aliphatic hydroxyl groups excluding tert-OH is 2. The zero-order valence-electron chi connectivity index (χ0n) is 16.2. The molecule has 146 valence electrons. The average Bonchev–Trinajstić information content (AvgIpc) is 2.77. The number of rotatable bonds is 2. The van der Waals surface area contributed by atoms with Gasteiger partial charge in [-0.25, -0.2) is 4.39 Å². The fourth-order valence-electron chi connectivity index (χ4n) is 7.47. The number of allylic oxidation sites excluding steroid dienone is 4. The van der Waals surface area contributed by atoms with Crippen LogP contribution in [0.5, 0.6) is 0 Å². The molecule has 3 saturated carbocycles. The van der Waals surface area contributed by atoms with E-state index in [2.05, 4.69) is 6.08 Å². The number of hydrogen-bond donors (Lipinski definition) is 3. The number of aliphatic hydroxyl groups is 3. The highest BCUT2D eigenvalue weighted by atomic mass is 19.1. The van der Waals surface area contributed by atoms with Crippen LogP contribution in [0.25, 0.3) is 0 Å². The lowest BCUT2D eigenvalue weighted by Crippen LogP contribution is -2.68. The lowest BCUT2D eigenvalue weighted by atomic mass is 9.44. The molecule has 0 aromatic heterocycles. The first-order valence-electron chi connectivity index (χ1n) is 10.2. The van der Waals surface area contributed by atoms with Crippen molar-refractivity contribution >= 4 is 0 Å². The van der Waals surface area contributed by atoms with E-state index < -0.39 is 28.2 Å². The summed E-state index contributed by atoms with van der Waals surface area (Å²) in [4.78, 5) is 0. The van der Waals surface area contributed by atoms with Gasteiger partial charge in [-0.1, -0.05) is 37.6 Å². The third-order valence-electron chi connectivity index (χ3n) is 8.99. The van der Waals surface area contributed by atoms with Crippen LogP contribution < -0.4 is 0 Å². The van der Waals surface area contributed by atoms with Crippen LogP contribution in [-0.2, 0) is 0 Å². The molecule has 4 heteroatoms. The Kier molecular flexibility index (Phi) is 4.05. The fourth-order valence-corrected chi connectivity index (χ4v) is 7.47. The number of alkyl halides is 1. The monoisotopic (exact) mass is 364 g/mol. The van der Waals surface area contributed by atoms with Crippen LogP contribution in [-0.4, -0.2) is 39.3 Å². The van der Waals surface area contributed by atoms with E-state index in [0.29, 0.717) is 6.42 Å². The molecule has 4 rings (SSSR count). The maximum absolute atomic E-state index is 16.8. The van der Waals surface area contributed by atoms with Crippen molar-refractivity contribution < 1.29 is 19.7 Å². The molecule has 0 radical (unpaired) electrons. The standard InChI is InChI=1S/C22H33FO3/c1-14-12-17-16-8-7-15-6-4-5-9-19(15,2)22(16,23)18(25)13-20(17,3)21(14,26)10-11-24/h5-6,9,14,16-18,24-26H,4,7-8,10-13H2,1-3H3/t14?,16-,17-,18?,19-,20-,21+,22-/m0/s1. The summed E-state index contributed by atoms with van der Waals surface area (Å²) in [6, 6.07) is 0. The molecule has 0 bridgehead atoms. The van der Waals surface area contributed by atoms with Crippen molar-refractivity contribution in [3.05, 3.63) is 23.8 Å². The van der Waals surface area contributed by atoms with Crippen LogP contribution in [0.3, 0.4) is 0 Å². The third kappa shape index (κ3) is 1.94. The third-order valence-corrected chi connectivity index (χ3v) is 8.99. The summed E-state index contributed by atoms with van der Waals surface area (Å²) >= 11 is 0. The maximum atomic E-state index is 16.8. The molecule has 0 spiro atoms. The Morgan fingerprint density at radius 1 is 1.27 bits per heavy atom. The molecule has 3 fully saturated rings. The van der Waals surface area contributed by atoms with Gasteiger partial charge in [0.1, 0.15) is 0 Å². The Balaban J connectivity index is 1.81. The molecule has 26 heavy (non-hydrogen) atoms. The smallest absolute Gasteiger partial charge is 0.152 e. The van der Waals surface area contributed by atoms with Crippen molar-refractivity contribution in [1.82, 2.24) is 0 Å². The normalized spacial score (nSPS) is 55.7. The Morgan fingerprint density at radius 3 is 2.69 bits per heavy atom. The quantitative estimate of drug-likeness (QED) is 0.657. The van der Waals surface area contributed by atoms with Gasteiger partial charge in [-0.05, 0) is 50.9 Å². The second-order valence-corrected chi connectivity index (χ2v) is 9.76. The summed E-state index contributed by atoms with van der Waals surface area (Å²) < 4.78 is 16.8. The SMILES string of the molecule is CC1C[C@H]2[C@@H]3CCC4=CCC=C[C@]4(C)[C@@]3(F)C(O)C[C@]2(C)[C@@]1(O)CCO. The van der Waals surface area contributed by atoms with E-state index in [-0.39, 0.29) is 30.8 Å². The van der Waals surface area contributed by atoms with Crippen LogP contribution in [0.2, 0.25) is 0 Å². The van der Waals surface area contributed by atoms with Gasteiger partial charge in [0, 0.05) is 29.8 Å². The largest absolute Gasteiger partial charge is 0.396 e. The van der Waals surface area contributed by atoms with Crippen molar-refractivity contribution in [2.75, 3.05) is 6.61 Å². The topological polar surface area (TPSA) is 60.7 Å². The molecule has 3 nitrogen and oxygen atoms in total. The van der Waals surface area contributed by atoms with E-state index in [1.54, 1.807) is 0 Å². The zero-order chi connectivity index (χ0) is 19.0. The first-order valence-corrected chi connectivity index (χ1v) is 10.2. The van der Waals surface area contributed by atoms with Crippen molar-refractivity contribution in [2.45, 2.75) is 76.7 Å². The minimum absolute atomic E-state index is 0.00848. The van der Waals surface area contributed by atoms with Crippen molar-refractivity contribution in [1.29, 1.82) is 0 Å². The summed E-state index contributed by atoms with van der Waals surface area (Å²) in [6.07, 6.45) is 8.77. The first kappa shape index (κ1) is 18.6. The Morgan fingerprint density at radius 2 is 2.00 bits per heavy atom. The van der Waals surface area contributed by atoms with Gasteiger partial charge in [-0.15, -0.1) is 0 Å². The van der Waals surface area contributed by atoms with E-state index in [0.717, 1.165) is 31.3 Å². The molecule has 0 aromatic rings. The van der Waals surface area contributed by atoms with Gasteiger partial charge >= 0.3 is 0 Å². The molecule has 4 aliphatic rings. The highest BCUT2D eigenvalue weighted by Gasteiger charge is 2.73. The van der Waals surface area contributed by atoms with Crippen molar-refractivity contribution in [2.24, 2.45) is 28.6 Å². The molecule has 4 aliphatic carbocycles. The molecule has 3 N–H and O–H groups in total. The molecular formula is C22H33FO3. The Labute approximate surface area is 156 Å². The molecule has 0 saturated heterocycles. The van der Waals surface area contributed by atoms with E-state index >= 15 is 4.39 Å². The summed E-state index contributed by atoms with van der Waals surface area (Å²) in [5.74, 6) is -0.252. The molecule has 2 unspecified atom stereocenters. The highest BCUT2D eigenvalue weighted by molar-refractivity contribution is 5.38. The summed E-state index contributed by atoms with van der Waals surface area (Å²) in [5.41, 5.74) is -2.94. The molecule has 0 heterocycles. The predicted octanol–water partition coefficient (Wildman–Crippen LogP) is 3.54. The van der Waals surface area contributed by atoms with Gasteiger partial charge in [0.2, 0.25) is 0 Å². The van der Waals surface area contributed by atoms with Crippen LogP contribution >= 0.6 is 0 Å². The minimum atomic E-state index is -1.69. The highest BCUT2D eigenvalue weighted by Crippen LogP contribution is 2.71. The van der Waals surface area contributed by atoms with Crippen molar-refractivity contribution in [3.8, 4) is 0 Å². The summed E-state index contributed by atoms with van der Waals surface area (Å²) in [6.45, 7) is 5.90. The number of fused-ring (bicyclic) bond motifs is 5. The minimum Gasteiger partial charge on any atom is -0.396 e. The van der Waals surface area contributed by atoms with Gasteiger partial charge in [-0.2, -0.15) is 0 Å². The molecule has 8 atom stereocenters. The van der Waals surface area contributed by atoms with Gasteiger partial charge in [0.15, 0.2) is 5.67 Å². The zero-order valence-corrected chi connectivity index (χ0v) is 16.2. The summed E-state index contributed by atoms with van der Waals surface area (Å²) in [7, 11) is 0. The Hall–Kier alpha value is -0.710. The van der Waals surface area contributed by atoms with Crippen LogP contribution in [0.15, 0.2) is 23.8 Å². The molecular weight excluding hydrogens is 331 g/mol. The first-order chi connectivity index (χ1) is 12.1. The van der Waals surface area contributed by atoms with E-state index in [4.69, 9.17) is 0 Å². The van der Waals surface area contributed by atoms with Crippen molar-refractivity contribution in [3.63, 3.8) is 0 Å². The lowest BCUT2D eigenvalue weighted by molar-refractivity contribution is -0.222. The van der Waals surface area contributed by atoms with E-state index in [9.17, 15) is 15.3 Å². The predicted molar refractivity (Wildman–Crippen MR) is 99.2 cm³/mol. The van der Waals surface area contributed by atoms with Crippen LogP contribution in [0.4, 0.5) is 4.39 Å². The average molecular weight is 365 g/mol. The summed E-state index contributed by atoms with van der Waals surface area (Å²) in [5, 5.41) is 32.2. The maximum Gasteiger partial charge on any atom is 0.152 e. The van der Waals surface area contributed by atoms with Gasteiger partial charge in [0.05, 0.1) is 11.7 Å². The van der Waals surface area contributed by atoms with Crippen LogP contribution in [0, 0.1) is 28.6 Å². The lowest BCUT2D eigenvalue weighted by Gasteiger charge is -2.63. The second kappa shape index (κ2) is 5.65. The van der Waals surface area contributed by atoms with Crippen LogP contribution in [0.1, 0.15) is 59.3 Å². The second-order valence-electron chi connectivity index (χ2n) is 9.76. The van der Waals surface area contributed by atoms with Gasteiger partial charge in [-0.3, -0.25) is 0 Å². The Bertz CT molecular complexity index is 660. The van der Waals surface area contributed by atoms with Gasteiger partial charge in [0.25, 0.3) is 0 Å². The number of hydrogen-bond acceptors (Lipinski definition) is 3. The van der Waals surface area contributed by atoms with E-state index in [1.165, 1.54) is 0 Å². The van der Waals surface area contributed by atoms with Gasteiger partial charge < -0.3 is 15.3 Å². The number of halogens is 1. The molecule has 0 aromatic carbocycles. The molecule has 0 amide bonds. The van der Waals surface area contributed by atoms with E-state index in [1.807, 2.05) is 32.9 Å². The fraction of sp³-hybridized carbons (Fsp3) is 0.818. The molecule has 0 aliphatic heterocycles.